The van der Waals surface area contributed by atoms with Crippen molar-refractivity contribution < 1.29 is 18.0 Å². The zero-order valence-corrected chi connectivity index (χ0v) is 9.29. The average molecular weight is 246 g/mol. The largest absolute Gasteiger partial charge is 0.399 e. The molecule has 0 saturated carbocycles. The first-order valence-electron chi connectivity index (χ1n) is 4.98. The molecular formula is C11H13F3N2O. The Morgan fingerprint density at radius 1 is 1.29 bits per heavy atom. The number of hydrogen-bond donors (Lipinski definition) is 1. The van der Waals surface area contributed by atoms with Crippen molar-refractivity contribution >= 4 is 17.3 Å². The van der Waals surface area contributed by atoms with E-state index in [0.29, 0.717) is 11.4 Å². The van der Waals surface area contributed by atoms with Gasteiger partial charge < -0.3 is 10.6 Å². The minimum absolute atomic E-state index is 0.520. The highest BCUT2D eigenvalue weighted by Gasteiger charge is 2.28. The lowest BCUT2D eigenvalue weighted by atomic mass is 10.2. The fourth-order valence-corrected chi connectivity index (χ4v) is 1.26. The van der Waals surface area contributed by atoms with Gasteiger partial charge in [-0.25, -0.2) is 0 Å². The first kappa shape index (κ1) is 13.3. The van der Waals surface area contributed by atoms with E-state index in [1.54, 1.807) is 24.3 Å². The van der Waals surface area contributed by atoms with Crippen LogP contribution >= 0.6 is 0 Å². The summed E-state index contributed by atoms with van der Waals surface area (Å²) in [5.74, 6) is -0.577. The maximum Gasteiger partial charge on any atom is 0.389 e. The third kappa shape index (κ3) is 4.34. The number of halogens is 3. The third-order valence-corrected chi connectivity index (χ3v) is 2.28. The van der Waals surface area contributed by atoms with Crippen molar-refractivity contribution in [3.8, 4) is 0 Å². The van der Waals surface area contributed by atoms with Crippen LogP contribution in [-0.2, 0) is 4.79 Å². The van der Waals surface area contributed by atoms with Crippen LogP contribution in [0.1, 0.15) is 12.8 Å². The highest BCUT2D eigenvalue weighted by Crippen LogP contribution is 2.23. The number of hydrogen-bond acceptors (Lipinski definition) is 2. The Hall–Kier alpha value is -1.72. The van der Waals surface area contributed by atoms with Gasteiger partial charge in [-0.15, -0.1) is 0 Å². The van der Waals surface area contributed by atoms with Gasteiger partial charge in [0.05, 0.1) is 6.42 Å². The summed E-state index contributed by atoms with van der Waals surface area (Å²) in [6.07, 6.45) is -5.97. The predicted octanol–water partition coefficient (Wildman–Crippen LogP) is 2.57. The summed E-state index contributed by atoms with van der Waals surface area (Å²) in [5.41, 5.74) is 6.52. The summed E-state index contributed by atoms with van der Waals surface area (Å²) >= 11 is 0. The smallest absolute Gasteiger partial charge is 0.389 e. The summed E-state index contributed by atoms with van der Waals surface area (Å²) in [4.78, 5) is 12.7. The van der Waals surface area contributed by atoms with Crippen LogP contribution in [0.2, 0.25) is 0 Å². The first-order chi connectivity index (χ1) is 7.79. The summed E-state index contributed by atoms with van der Waals surface area (Å²) < 4.78 is 35.8. The number of nitrogens with two attached hydrogens (primary N) is 1. The molecule has 1 amide bonds. The van der Waals surface area contributed by atoms with Gasteiger partial charge >= 0.3 is 6.18 Å². The van der Waals surface area contributed by atoms with Crippen LogP contribution < -0.4 is 10.6 Å². The fourth-order valence-electron chi connectivity index (χ4n) is 1.26. The van der Waals surface area contributed by atoms with E-state index in [-0.39, 0.29) is 0 Å². The molecule has 0 heterocycles. The maximum absolute atomic E-state index is 11.9. The van der Waals surface area contributed by atoms with E-state index < -0.39 is 24.9 Å². The summed E-state index contributed by atoms with van der Waals surface area (Å²) in [6, 6.07) is 6.34. The highest BCUT2D eigenvalue weighted by atomic mass is 19.4. The molecule has 0 unspecified atom stereocenters. The van der Waals surface area contributed by atoms with Crippen LogP contribution in [0.4, 0.5) is 24.5 Å². The van der Waals surface area contributed by atoms with Gasteiger partial charge in [-0.1, -0.05) is 0 Å². The molecule has 94 valence electrons. The summed E-state index contributed by atoms with van der Waals surface area (Å²) in [7, 11) is 1.43. The second-order valence-corrected chi connectivity index (χ2v) is 3.66. The molecule has 0 spiro atoms. The number of anilines is 2. The number of nitrogen functional groups attached to an aromatic ring is 1. The second-order valence-electron chi connectivity index (χ2n) is 3.66. The molecule has 0 atom stereocenters. The quantitative estimate of drug-likeness (QED) is 0.833. The van der Waals surface area contributed by atoms with E-state index >= 15 is 0 Å². The standard InChI is InChI=1S/C11H13F3N2O/c1-16(9-4-2-8(15)3-5-9)10(17)6-7-11(12,13)14/h2-5H,6-7,15H2,1H3. The lowest BCUT2D eigenvalue weighted by Gasteiger charge is -2.17. The molecule has 0 saturated heterocycles. The Morgan fingerprint density at radius 2 is 1.82 bits per heavy atom. The number of amides is 1. The van der Waals surface area contributed by atoms with Crippen LogP contribution in [0.25, 0.3) is 0 Å². The van der Waals surface area contributed by atoms with E-state index in [1.807, 2.05) is 0 Å². The normalized spacial score (nSPS) is 11.3. The van der Waals surface area contributed by atoms with Gasteiger partial charge in [0, 0.05) is 24.8 Å². The topological polar surface area (TPSA) is 46.3 Å². The van der Waals surface area contributed by atoms with Gasteiger partial charge in [-0.05, 0) is 24.3 Å². The van der Waals surface area contributed by atoms with Crippen molar-refractivity contribution in [2.45, 2.75) is 19.0 Å². The summed E-state index contributed by atoms with van der Waals surface area (Å²) in [5, 5.41) is 0. The van der Waals surface area contributed by atoms with E-state index in [9.17, 15) is 18.0 Å². The molecule has 0 aliphatic heterocycles. The number of benzene rings is 1. The lowest BCUT2D eigenvalue weighted by Crippen LogP contribution is -2.27. The van der Waals surface area contributed by atoms with Crippen molar-refractivity contribution in [3.05, 3.63) is 24.3 Å². The van der Waals surface area contributed by atoms with Crippen molar-refractivity contribution in [1.82, 2.24) is 0 Å². The summed E-state index contributed by atoms with van der Waals surface area (Å²) in [6.45, 7) is 0. The molecule has 1 rings (SSSR count). The number of carbonyl (C=O) groups is 1. The molecule has 0 fully saturated rings. The highest BCUT2D eigenvalue weighted by molar-refractivity contribution is 5.92. The first-order valence-corrected chi connectivity index (χ1v) is 4.98. The molecule has 0 aromatic heterocycles. The Morgan fingerprint density at radius 3 is 2.29 bits per heavy atom. The Bertz CT molecular complexity index is 387. The van der Waals surface area contributed by atoms with Crippen LogP contribution in [0.15, 0.2) is 24.3 Å². The van der Waals surface area contributed by atoms with Crippen LogP contribution in [0, 0.1) is 0 Å². The molecule has 3 nitrogen and oxygen atoms in total. The zero-order valence-electron chi connectivity index (χ0n) is 9.29. The number of carbonyl (C=O) groups excluding carboxylic acids is 1. The Kier molecular flexibility index (Phi) is 3.98. The van der Waals surface area contributed by atoms with Crippen molar-refractivity contribution in [1.29, 1.82) is 0 Å². The molecule has 0 aliphatic rings. The van der Waals surface area contributed by atoms with E-state index in [1.165, 1.54) is 11.9 Å². The number of rotatable bonds is 3. The monoisotopic (exact) mass is 246 g/mol. The predicted molar refractivity (Wildman–Crippen MR) is 59.6 cm³/mol. The molecule has 0 radical (unpaired) electrons. The molecule has 17 heavy (non-hydrogen) atoms. The molecule has 1 aromatic rings. The third-order valence-electron chi connectivity index (χ3n) is 2.28. The van der Waals surface area contributed by atoms with Gasteiger partial charge in [-0.2, -0.15) is 13.2 Å². The fraction of sp³-hybridized carbons (Fsp3) is 0.364. The lowest BCUT2D eigenvalue weighted by molar-refractivity contribution is -0.142. The molecule has 6 heteroatoms. The van der Waals surface area contributed by atoms with Crippen LogP contribution in [-0.4, -0.2) is 19.1 Å². The number of nitrogens with zero attached hydrogens (tertiary/aromatic N) is 1. The van der Waals surface area contributed by atoms with E-state index in [0.717, 1.165) is 0 Å². The maximum atomic E-state index is 11.9. The molecule has 0 bridgehead atoms. The van der Waals surface area contributed by atoms with E-state index in [2.05, 4.69) is 0 Å². The Balaban J connectivity index is 2.61. The Labute approximate surface area is 97.0 Å². The minimum Gasteiger partial charge on any atom is -0.399 e. The van der Waals surface area contributed by atoms with Gasteiger partial charge in [0.15, 0.2) is 0 Å². The molecule has 1 aromatic carbocycles. The van der Waals surface area contributed by atoms with Gasteiger partial charge in [0.25, 0.3) is 0 Å². The second kappa shape index (κ2) is 5.07. The SMILES string of the molecule is CN(C(=O)CCC(F)(F)F)c1ccc(N)cc1. The minimum atomic E-state index is -4.31. The van der Waals surface area contributed by atoms with Gasteiger partial charge in [0.2, 0.25) is 5.91 Å². The van der Waals surface area contributed by atoms with Crippen molar-refractivity contribution in [2.75, 3.05) is 17.7 Å². The van der Waals surface area contributed by atoms with Gasteiger partial charge in [0.1, 0.15) is 0 Å². The van der Waals surface area contributed by atoms with Crippen molar-refractivity contribution in [3.63, 3.8) is 0 Å². The van der Waals surface area contributed by atoms with Gasteiger partial charge in [-0.3, -0.25) is 4.79 Å². The molecule has 2 N–H and O–H groups in total. The zero-order chi connectivity index (χ0) is 13.1. The molecular weight excluding hydrogens is 233 g/mol. The van der Waals surface area contributed by atoms with Crippen molar-refractivity contribution in [2.24, 2.45) is 0 Å². The molecule has 0 aliphatic carbocycles. The van der Waals surface area contributed by atoms with E-state index in [4.69, 9.17) is 5.73 Å². The average Bonchev–Trinajstić information content (AvgIpc) is 2.25. The van der Waals surface area contributed by atoms with Crippen LogP contribution in [0.3, 0.4) is 0 Å². The number of alkyl halides is 3. The van der Waals surface area contributed by atoms with Crippen LogP contribution in [0.5, 0.6) is 0 Å².